The molecule has 2 nitrogen and oxygen atoms in total. The third-order valence-electron chi connectivity index (χ3n) is 2.76. The number of alkyl halides is 1. The van der Waals surface area contributed by atoms with Crippen LogP contribution in [-0.4, -0.2) is 17.5 Å². The Hall–Kier alpha value is -2.05. The van der Waals surface area contributed by atoms with Gasteiger partial charge in [-0.25, -0.2) is 4.39 Å². The quantitative estimate of drug-likeness (QED) is 0.619. The molecule has 0 atom stereocenters. The highest BCUT2D eigenvalue weighted by molar-refractivity contribution is 6.18. The Balaban J connectivity index is 2.01. The van der Waals surface area contributed by atoms with Crippen LogP contribution in [0.1, 0.15) is 17.5 Å². The molecule has 4 heteroatoms. The van der Waals surface area contributed by atoms with Gasteiger partial charge in [0, 0.05) is 37.2 Å². The molecule has 1 heterocycles. The van der Waals surface area contributed by atoms with Crippen molar-refractivity contribution in [2.45, 2.75) is 12.8 Å². The van der Waals surface area contributed by atoms with Crippen LogP contribution in [0.3, 0.4) is 0 Å². The number of hydrogen-bond donors (Lipinski definition) is 0. The smallest absolute Gasteiger partial charge is 0.137 e. The van der Waals surface area contributed by atoms with Crippen LogP contribution >= 0.6 is 11.6 Å². The van der Waals surface area contributed by atoms with Gasteiger partial charge in [0.2, 0.25) is 0 Å². The minimum absolute atomic E-state index is 0.339. The number of hydrogen-bond acceptors (Lipinski definition) is 2. The highest BCUT2D eigenvalue weighted by Crippen LogP contribution is 2.19. The Kier molecular flexibility index (Phi) is 6.05. The molecule has 0 aliphatic heterocycles. The first-order valence-corrected chi connectivity index (χ1v) is 7.19. The first kappa shape index (κ1) is 15.3. The summed E-state index contributed by atoms with van der Waals surface area (Å²) >= 11 is 5.58. The molecule has 0 N–H and O–H groups in total. The predicted octanol–water partition coefficient (Wildman–Crippen LogP) is 3.82. The van der Waals surface area contributed by atoms with Crippen molar-refractivity contribution in [3.63, 3.8) is 0 Å². The monoisotopic (exact) mass is 303 g/mol. The van der Waals surface area contributed by atoms with Crippen LogP contribution < -0.4 is 4.74 Å². The van der Waals surface area contributed by atoms with Crippen molar-refractivity contribution in [2.24, 2.45) is 0 Å². The molecular weight excluding hydrogens is 289 g/mol. The van der Waals surface area contributed by atoms with Gasteiger partial charge in [-0.3, -0.25) is 4.98 Å². The summed E-state index contributed by atoms with van der Waals surface area (Å²) in [7, 11) is 0. The SMILES string of the molecule is Fc1ccc(C#CCCCl)c(OCCc2cccnc2)c1. The first-order valence-electron chi connectivity index (χ1n) is 6.65. The van der Waals surface area contributed by atoms with Gasteiger partial charge < -0.3 is 4.74 Å². The van der Waals surface area contributed by atoms with Crippen molar-refractivity contribution in [1.29, 1.82) is 0 Å². The van der Waals surface area contributed by atoms with Gasteiger partial charge in [-0.1, -0.05) is 17.9 Å². The second-order valence-corrected chi connectivity index (χ2v) is 4.72. The van der Waals surface area contributed by atoms with Crippen molar-refractivity contribution >= 4 is 11.6 Å². The van der Waals surface area contributed by atoms with E-state index in [0.717, 1.165) is 5.56 Å². The van der Waals surface area contributed by atoms with Gasteiger partial charge in [-0.05, 0) is 23.8 Å². The van der Waals surface area contributed by atoms with Gasteiger partial charge in [0.15, 0.2) is 0 Å². The molecule has 0 bridgehead atoms. The number of ether oxygens (including phenoxy) is 1. The van der Waals surface area contributed by atoms with Crippen LogP contribution in [-0.2, 0) is 6.42 Å². The number of nitrogens with zero attached hydrogens (tertiary/aromatic N) is 1. The fraction of sp³-hybridized carbons (Fsp3) is 0.235. The van der Waals surface area contributed by atoms with E-state index in [9.17, 15) is 4.39 Å². The zero-order chi connectivity index (χ0) is 14.9. The Morgan fingerprint density at radius 2 is 2.19 bits per heavy atom. The standard InChI is InChI=1S/C17H15ClFNO/c18-9-2-1-5-15-6-7-16(19)12-17(15)21-11-8-14-4-3-10-20-13-14/h3-4,6-7,10,12-13H,2,8-9,11H2. The molecule has 1 aromatic heterocycles. The zero-order valence-corrected chi connectivity index (χ0v) is 12.2. The number of benzene rings is 1. The lowest BCUT2D eigenvalue weighted by Crippen LogP contribution is -2.03. The van der Waals surface area contributed by atoms with Gasteiger partial charge in [0.05, 0.1) is 12.2 Å². The molecule has 0 aliphatic carbocycles. The van der Waals surface area contributed by atoms with Crippen LogP contribution in [0.4, 0.5) is 4.39 Å². The van der Waals surface area contributed by atoms with E-state index in [1.54, 1.807) is 18.5 Å². The fourth-order valence-electron chi connectivity index (χ4n) is 1.75. The summed E-state index contributed by atoms with van der Waals surface area (Å²) in [6.45, 7) is 0.444. The summed E-state index contributed by atoms with van der Waals surface area (Å²) in [5.41, 5.74) is 1.75. The molecule has 0 unspecified atom stereocenters. The highest BCUT2D eigenvalue weighted by Gasteiger charge is 2.04. The van der Waals surface area contributed by atoms with E-state index in [0.29, 0.717) is 36.6 Å². The summed E-state index contributed by atoms with van der Waals surface area (Å²) in [5.74, 6) is 6.47. The Morgan fingerprint density at radius 1 is 1.29 bits per heavy atom. The third kappa shape index (κ3) is 5.09. The molecule has 0 spiro atoms. The maximum atomic E-state index is 13.3. The molecule has 0 aliphatic rings. The van der Waals surface area contributed by atoms with Gasteiger partial charge in [0.25, 0.3) is 0 Å². The third-order valence-corrected chi connectivity index (χ3v) is 2.95. The first-order chi connectivity index (χ1) is 10.3. The van der Waals surface area contributed by atoms with Crippen molar-refractivity contribution in [1.82, 2.24) is 4.98 Å². The van der Waals surface area contributed by atoms with Gasteiger partial charge >= 0.3 is 0 Å². The minimum atomic E-state index is -0.339. The molecule has 0 saturated carbocycles. The number of rotatable bonds is 5. The lowest BCUT2D eigenvalue weighted by atomic mass is 10.2. The maximum Gasteiger partial charge on any atom is 0.137 e. The zero-order valence-electron chi connectivity index (χ0n) is 11.5. The lowest BCUT2D eigenvalue weighted by Gasteiger charge is -2.08. The van der Waals surface area contributed by atoms with Crippen LogP contribution in [0.5, 0.6) is 5.75 Å². The van der Waals surface area contributed by atoms with Crippen molar-refractivity contribution < 1.29 is 9.13 Å². The van der Waals surface area contributed by atoms with E-state index in [1.807, 2.05) is 12.1 Å². The average molecular weight is 304 g/mol. The summed E-state index contributed by atoms with van der Waals surface area (Å²) in [5, 5.41) is 0. The summed E-state index contributed by atoms with van der Waals surface area (Å²) in [6, 6.07) is 8.20. The van der Waals surface area contributed by atoms with E-state index in [2.05, 4.69) is 16.8 Å². The fourth-order valence-corrected chi connectivity index (χ4v) is 1.84. The molecular formula is C17H15ClFNO. The molecule has 2 aromatic rings. The molecule has 0 radical (unpaired) electrons. The van der Waals surface area contributed by atoms with Crippen LogP contribution in [0.25, 0.3) is 0 Å². The molecule has 21 heavy (non-hydrogen) atoms. The Labute approximate surface area is 128 Å². The van der Waals surface area contributed by atoms with Crippen molar-refractivity contribution in [2.75, 3.05) is 12.5 Å². The van der Waals surface area contributed by atoms with Crippen molar-refractivity contribution in [3.8, 4) is 17.6 Å². The second kappa shape index (κ2) is 8.28. The Morgan fingerprint density at radius 3 is 2.95 bits per heavy atom. The second-order valence-electron chi connectivity index (χ2n) is 4.34. The van der Waals surface area contributed by atoms with Crippen LogP contribution in [0.15, 0.2) is 42.7 Å². The van der Waals surface area contributed by atoms with Gasteiger partial charge in [-0.15, -0.1) is 11.6 Å². The van der Waals surface area contributed by atoms with E-state index < -0.39 is 0 Å². The molecule has 108 valence electrons. The van der Waals surface area contributed by atoms with Crippen LogP contribution in [0, 0.1) is 17.7 Å². The van der Waals surface area contributed by atoms with Crippen molar-refractivity contribution in [3.05, 3.63) is 59.7 Å². The predicted molar refractivity (Wildman–Crippen MR) is 82.1 cm³/mol. The number of aromatic nitrogens is 1. The maximum absolute atomic E-state index is 13.3. The number of halogens is 2. The number of pyridine rings is 1. The van der Waals surface area contributed by atoms with E-state index in [4.69, 9.17) is 16.3 Å². The van der Waals surface area contributed by atoms with E-state index in [-0.39, 0.29) is 5.82 Å². The molecule has 0 fully saturated rings. The molecule has 2 rings (SSSR count). The Bertz CT molecular complexity index is 634. The summed E-state index contributed by atoms with van der Waals surface area (Å²) < 4.78 is 19.0. The summed E-state index contributed by atoms with van der Waals surface area (Å²) in [4.78, 5) is 4.04. The normalized spacial score (nSPS) is 9.81. The highest BCUT2D eigenvalue weighted by atomic mass is 35.5. The van der Waals surface area contributed by atoms with Gasteiger partial charge in [-0.2, -0.15) is 0 Å². The summed E-state index contributed by atoms with van der Waals surface area (Å²) in [6.07, 6.45) is 4.81. The molecule has 1 aromatic carbocycles. The molecule has 0 saturated heterocycles. The topological polar surface area (TPSA) is 22.1 Å². The lowest BCUT2D eigenvalue weighted by molar-refractivity contribution is 0.319. The molecule has 0 amide bonds. The van der Waals surface area contributed by atoms with Gasteiger partial charge in [0.1, 0.15) is 11.6 Å². The minimum Gasteiger partial charge on any atom is -0.492 e. The largest absolute Gasteiger partial charge is 0.492 e. The van der Waals surface area contributed by atoms with Crippen LogP contribution in [0.2, 0.25) is 0 Å². The van der Waals surface area contributed by atoms with E-state index in [1.165, 1.54) is 12.1 Å². The van der Waals surface area contributed by atoms with E-state index >= 15 is 0 Å². The average Bonchev–Trinajstić information content (AvgIpc) is 2.51.